The first-order valence-corrected chi connectivity index (χ1v) is 22.3. The molecule has 4 amide bonds. The molecule has 15 nitrogen and oxygen atoms in total. The number of aromatic nitrogens is 2. The van der Waals surface area contributed by atoms with Gasteiger partial charge in [0.25, 0.3) is 0 Å². The zero-order valence-corrected chi connectivity index (χ0v) is 37.6. The summed E-state index contributed by atoms with van der Waals surface area (Å²) in [7, 11) is 4.25. The lowest BCUT2D eigenvalue weighted by molar-refractivity contribution is -0.135. The maximum atomic E-state index is 14.4. The van der Waals surface area contributed by atoms with E-state index in [9.17, 15) is 19.2 Å². The largest absolute Gasteiger partial charge is 0.488 e. The molecule has 0 aliphatic carbocycles. The number of likely N-dealkylation sites (tertiary alicyclic amines) is 2. The summed E-state index contributed by atoms with van der Waals surface area (Å²) in [5.41, 5.74) is 8.47. The summed E-state index contributed by atoms with van der Waals surface area (Å²) >= 11 is 0. The summed E-state index contributed by atoms with van der Waals surface area (Å²) in [6.45, 7) is 7.85. The number of aromatic amines is 1. The number of hydrogen-bond donors (Lipinski definition) is 3. The smallest absolute Gasteiger partial charge is 0.407 e. The number of benzene rings is 4. The number of aliphatic imine (C=N–C) groups is 1. The van der Waals surface area contributed by atoms with Crippen molar-refractivity contribution in [1.29, 1.82) is 0 Å². The van der Waals surface area contributed by atoms with Crippen LogP contribution in [0.5, 0.6) is 5.75 Å². The van der Waals surface area contributed by atoms with Gasteiger partial charge in [0.2, 0.25) is 11.8 Å². The van der Waals surface area contributed by atoms with Gasteiger partial charge in [-0.05, 0) is 87.5 Å². The molecule has 65 heavy (non-hydrogen) atoms. The summed E-state index contributed by atoms with van der Waals surface area (Å²) in [6, 6.07) is 21.8. The highest BCUT2D eigenvalue weighted by atomic mass is 16.5. The van der Waals surface area contributed by atoms with Gasteiger partial charge in [0.1, 0.15) is 30.3 Å². The van der Waals surface area contributed by atoms with Crippen LogP contribution in [0.2, 0.25) is 0 Å². The third-order valence-corrected chi connectivity index (χ3v) is 13.3. The summed E-state index contributed by atoms with van der Waals surface area (Å²) in [4.78, 5) is 70.0. The van der Waals surface area contributed by atoms with Gasteiger partial charge < -0.3 is 44.4 Å². The lowest BCUT2D eigenvalue weighted by Gasteiger charge is -2.30. The molecule has 0 bridgehead atoms. The van der Waals surface area contributed by atoms with Gasteiger partial charge in [-0.1, -0.05) is 69.3 Å². The van der Waals surface area contributed by atoms with Gasteiger partial charge in [0.15, 0.2) is 0 Å². The van der Waals surface area contributed by atoms with Gasteiger partial charge in [-0.2, -0.15) is 0 Å². The van der Waals surface area contributed by atoms with E-state index in [1.807, 2.05) is 60.2 Å². The van der Waals surface area contributed by atoms with Crippen LogP contribution in [0.25, 0.3) is 33.2 Å². The summed E-state index contributed by atoms with van der Waals surface area (Å²) < 4.78 is 21.8. The minimum Gasteiger partial charge on any atom is -0.488 e. The Hall–Kier alpha value is -6.74. The monoisotopic (exact) mass is 881 g/mol. The molecule has 4 aromatic carbocycles. The first kappa shape index (κ1) is 43.5. The van der Waals surface area contributed by atoms with Crippen molar-refractivity contribution in [2.45, 2.75) is 70.8 Å². The molecule has 2 fully saturated rings. The van der Waals surface area contributed by atoms with Crippen LogP contribution in [-0.4, -0.2) is 103 Å². The van der Waals surface area contributed by atoms with Gasteiger partial charge in [-0.25, -0.2) is 14.6 Å². The number of carbonyl (C=O) groups is 4. The first-order valence-electron chi connectivity index (χ1n) is 22.3. The molecule has 1 unspecified atom stereocenters. The molecule has 0 saturated carbocycles. The van der Waals surface area contributed by atoms with E-state index in [0.717, 1.165) is 67.9 Å². The number of methoxy groups -OCH3 is 3. The van der Waals surface area contributed by atoms with Crippen molar-refractivity contribution in [3.63, 3.8) is 0 Å². The standard InChI is InChI=1S/C50H55N7O8/c1-27(2)44(54-49(60)63-5)47(58)56-23-28(3)16-42(56)46-51-22-40(53-46)32-12-14-34-33(18-32)26-65-43-21-35-31(19-37(34)43)13-15-38-36(35)20-39(52-38)41-17-29(25-62-4)24-57(41)48(59)45(55-50(61)64-6)30-10-8-7-9-11-30/h7-15,18-19,21-22,27-29,41-42,44-45H,16-17,20,23-26H2,1-6H3,(H,51,53)(H,54,60)(H,55,61)/t28-,29?,41-,42-,44-,45+/m0/s1. The Morgan fingerprint density at radius 1 is 0.862 bits per heavy atom. The van der Waals surface area contributed by atoms with Gasteiger partial charge >= 0.3 is 12.2 Å². The number of fused-ring (bicyclic) bond motifs is 6. The van der Waals surface area contributed by atoms with Crippen LogP contribution < -0.4 is 15.4 Å². The van der Waals surface area contributed by atoms with Crippen molar-refractivity contribution in [2.75, 3.05) is 41.0 Å². The molecule has 4 aliphatic heterocycles. The summed E-state index contributed by atoms with van der Waals surface area (Å²) in [6.07, 6.45) is 2.51. The Morgan fingerprint density at radius 2 is 1.63 bits per heavy atom. The third-order valence-electron chi connectivity index (χ3n) is 13.3. The van der Waals surface area contributed by atoms with Gasteiger partial charge in [0.05, 0.1) is 50.5 Å². The highest BCUT2D eigenvalue weighted by Gasteiger charge is 2.43. The average Bonchev–Trinajstić information content (AvgIpc) is 4.15. The Kier molecular flexibility index (Phi) is 12.1. The van der Waals surface area contributed by atoms with Gasteiger partial charge in [0, 0.05) is 43.8 Å². The second-order valence-electron chi connectivity index (χ2n) is 18.0. The zero-order chi connectivity index (χ0) is 45.5. The van der Waals surface area contributed by atoms with E-state index in [0.29, 0.717) is 50.5 Å². The Balaban J connectivity index is 0.949. The van der Waals surface area contributed by atoms with Crippen molar-refractivity contribution >= 4 is 46.2 Å². The molecule has 9 rings (SSSR count). The van der Waals surface area contributed by atoms with Crippen LogP contribution in [-0.2, 0) is 36.8 Å². The molecule has 6 atom stereocenters. The fourth-order valence-corrected chi connectivity index (χ4v) is 10.1. The minimum atomic E-state index is -0.928. The second-order valence-corrected chi connectivity index (χ2v) is 18.0. The highest BCUT2D eigenvalue weighted by molar-refractivity contribution is 6.07. The molecular weight excluding hydrogens is 827 g/mol. The topological polar surface area (TPSA) is 177 Å². The number of imidazole rings is 1. The van der Waals surface area contributed by atoms with E-state index >= 15 is 0 Å². The third kappa shape index (κ3) is 8.40. The molecule has 5 aromatic rings. The SMILES string of the molecule is COCC1C[C@@H](C2=Nc3ccc4cc5c(cc4c3C2)OCc2cc(-c3cnc([C@@H]4C[C@H](C)CN4C(=O)[C@@H](NC(=O)OC)C(C)C)[nH]3)ccc2-5)N(C(=O)[C@H](NC(=O)OC)c2ccccc2)C1. The predicted molar refractivity (Wildman–Crippen MR) is 245 cm³/mol. The van der Waals surface area contributed by atoms with Crippen LogP contribution >= 0.6 is 0 Å². The van der Waals surface area contributed by atoms with Crippen LogP contribution in [0.3, 0.4) is 0 Å². The molecule has 3 N–H and O–H groups in total. The van der Waals surface area contributed by atoms with Gasteiger partial charge in [-0.15, -0.1) is 0 Å². The van der Waals surface area contributed by atoms with Crippen molar-refractivity contribution in [2.24, 2.45) is 22.7 Å². The summed E-state index contributed by atoms with van der Waals surface area (Å²) in [5.74, 6) is 1.35. The minimum absolute atomic E-state index is 0.0981. The molecular formula is C50H55N7O8. The number of nitrogens with zero attached hydrogens (tertiary/aromatic N) is 4. The molecule has 2 saturated heterocycles. The number of rotatable bonds is 11. The Bertz CT molecular complexity index is 2680. The number of ether oxygens (including phenoxy) is 4. The number of H-pyrrole nitrogens is 1. The summed E-state index contributed by atoms with van der Waals surface area (Å²) in [5, 5.41) is 7.61. The van der Waals surface area contributed by atoms with Crippen LogP contribution in [0.1, 0.15) is 68.2 Å². The van der Waals surface area contributed by atoms with Crippen LogP contribution in [0, 0.1) is 17.8 Å². The Morgan fingerprint density at radius 3 is 2.38 bits per heavy atom. The van der Waals surface area contributed by atoms with Crippen LogP contribution in [0.15, 0.2) is 84.0 Å². The molecule has 1 aromatic heterocycles. The molecule has 0 radical (unpaired) electrons. The van der Waals surface area contributed by atoms with Crippen molar-refractivity contribution in [3.05, 3.63) is 102 Å². The molecule has 15 heteroatoms. The number of amides is 4. The quantitative estimate of drug-likeness (QED) is 0.120. The van der Waals surface area contributed by atoms with E-state index in [2.05, 4.69) is 65.0 Å². The Labute approximate surface area is 377 Å². The average molecular weight is 882 g/mol. The highest BCUT2D eigenvalue weighted by Crippen LogP contribution is 2.45. The van der Waals surface area contributed by atoms with Crippen molar-refractivity contribution in [1.82, 2.24) is 30.4 Å². The van der Waals surface area contributed by atoms with Crippen LogP contribution in [0.4, 0.5) is 15.3 Å². The normalized spacial score (nSPS) is 20.6. The number of nitrogens with one attached hydrogen (secondary N) is 3. The lowest BCUT2D eigenvalue weighted by Crippen LogP contribution is -2.51. The van der Waals surface area contributed by atoms with E-state index < -0.39 is 24.3 Å². The van der Waals surface area contributed by atoms with Gasteiger partial charge in [-0.3, -0.25) is 14.6 Å². The lowest BCUT2D eigenvalue weighted by atomic mass is 9.90. The van der Waals surface area contributed by atoms with E-state index in [4.69, 9.17) is 28.9 Å². The van der Waals surface area contributed by atoms with Crippen molar-refractivity contribution in [3.8, 4) is 28.1 Å². The second kappa shape index (κ2) is 18.0. The number of carbonyl (C=O) groups excluding carboxylic acids is 4. The predicted octanol–water partition coefficient (Wildman–Crippen LogP) is 7.67. The molecule has 4 aliphatic rings. The zero-order valence-electron chi connectivity index (χ0n) is 37.6. The first-order chi connectivity index (χ1) is 31.4. The maximum Gasteiger partial charge on any atom is 0.407 e. The number of hydrogen-bond acceptors (Lipinski definition) is 10. The van der Waals surface area contributed by atoms with Crippen molar-refractivity contribution < 1.29 is 38.1 Å². The fraction of sp³-hybridized carbons (Fsp3) is 0.400. The molecule has 0 spiro atoms. The molecule has 5 heterocycles. The maximum absolute atomic E-state index is 14.4. The fourth-order valence-electron chi connectivity index (χ4n) is 10.1. The van der Waals surface area contributed by atoms with E-state index in [-0.39, 0.29) is 41.7 Å². The molecule has 338 valence electrons. The van der Waals surface area contributed by atoms with E-state index in [1.165, 1.54) is 14.2 Å². The number of alkyl carbamates (subject to hydrolysis) is 2. The van der Waals surface area contributed by atoms with E-state index in [1.54, 1.807) is 7.11 Å².